The van der Waals surface area contributed by atoms with Gasteiger partial charge < -0.3 is 10.6 Å². The maximum absolute atomic E-state index is 3.84. The Morgan fingerprint density at radius 3 is 1.44 bits per heavy atom. The van der Waals surface area contributed by atoms with Crippen molar-refractivity contribution in [3.63, 3.8) is 0 Å². The molecule has 0 unspecified atom stereocenters. The lowest BCUT2D eigenvalue weighted by Crippen LogP contribution is -2.25. The summed E-state index contributed by atoms with van der Waals surface area (Å²) in [6.07, 6.45) is 22.1. The molecule has 1 aliphatic rings. The van der Waals surface area contributed by atoms with Gasteiger partial charge in [0.15, 0.2) is 0 Å². The second-order valence-corrected chi connectivity index (χ2v) is 16.5. The molecule has 2 heteroatoms. The molecule has 2 nitrogen and oxygen atoms in total. The Morgan fingerprint density at radius 2 is 0.855 bits per heavy atom. The first-order valence-corrected chi connectivity index (χ1v) is 22.0. The van der Waals surface area contributed by atoms with Gasteiger partial charge in [-0.05, 0) is 138 Å². The molecule has 0 heterocycles. The molecule has 0 fully saturated rings. The van der Waals surface area contributed by atoms with Crippen molar-refractivity contribution in [1.82, 2.24) is 0 Å². The molecule has 2 N–H and O–H groups in total. The number of hydrogen-bond acceptors (Lipinski definition) is 2. The highest BCUT2D eigenvalue weighted by Crippen LogP contribution is 2.55. The van der Waals surface area contributed by atoms with E-state index in [-0.39, 0.29) is 5.41 Å². The van der Waals surface area contributed by atoms with E-state index in [1.165, 1.54) is 159 Å². The van der Waals surface area contributed by atoms with Crippen LogP contribution < -0.4 is 10.6 Å². The van der Waals surface area contributed by atoms with Gasteiger partial charge in [-0.15, -0.1) is 0 Å². The second kappa shape index (κ2) is 20.0. The second-order valence-electron chi connectivity index (χ2n) is 16.5. The monoisotopic (exact) mass is 733 g/mol. The molecule has 0 saturated carbocycles. The summed E-state index contributed by atoms with van der Waals surface area (Å²) >= 11 is 0. The molecule has 0 atom stereocenters. The van der Waals surface area contributed by atoms with Crippen LogP contribution in [0.5, 0.6) is 0 Å². The summed E-state index contributed by atoms with van der Waals surface area (Å²) in [6, 6.07) is 39.2. The van der Waals surface area contributed by atoms with E-state index in [4.69, 9.17) is 0 Å². The van der Waals surface area contributed by atoms with Crippen molar-refractivity contribution in [2.45, 2.75) is 149 Å². The van der Waals surface area contributed by atoms with Crippen molar-refractivity contribution < 1.29 is 0 Å². The molecule has 0 saturated heterocycles. The van der Waals surface area contributed by atoms with Crippen molar-refractivity contribution in [3.05, 3.63) is 131 Å². The van der Waals surface area contributed by atoms with E-state index in [1.54, 1.807) is 5.56 Å². The number of rotatable bonds is 22. The van der Waals surface area contributed by atoms with Crippen LogP contribution in [0.3, 0.4) is 0 Å². The van der Waals surface area contributed by atoms with Crippen LogP contribution >= 0.6 is 0 Å². The van der Waals surface area contributed by atoms with Crippen LogP contribution in [-0.4, -0.2) is 0 Å². The topological polar surface area (TPSA) is 24.1 Å². The van der Waals surface area contributed by atoms with E-state index < -0.39 is 0 Å². The molecule has 290 valence electrons. The highest BCUT2D eigenvalue weighted by atomic mass is 14.9. The van der Waals surface area contributed by atoms with Gasteiger partial charge in [-0.2, -0.15) is 0 Å². The van der Waals surface area contributed by atoms with Crippen molar-refractivity contribution in [2.75, 3.05) is 10.6 Å². The third kappa shape index (κ3) is 10.1. The molecule has 5 aromatic rings. The van der Waals surface area contributed by atoms with Crippen molar-refractivity contribution in [1.29, 1.82) is 0 Å². The van der Waals surface area contributed by atoms with Gasteiger partial charge in [-0.3, -0.25) is 0 Å². The van der Waals surface area contributed by atoms with Gasteiger partial charge in [0.25, 0.3) is 0 Å². The van der Waals surface area contributed by atoms with E-state index in [0.717, 1.165) is 17.1 Å². The molecule has 0 bridgehead atoms. The normalized spacial score (nSPS) is 12.7. The van der Waals surface area contributed by atoms with Crippen molar-refractivity contribution in [2.24, 2.45) is 0 Å². The first-order chi connectivity index (χ1) is 27.0. The molecule has 0 amide bonds. The first-order valence-electron chi connectivity index (χ1n) is 22.0. The maximum atomic E-state index is 3.84. The number of nitrogens with one attached hydrogen (secondary N) is 2. The van der Waals surface area contributed by atoms with Crippen LogP contribution in [0.25, 0.3) is 22.3 Å². The van der Waals surface area contributed by atoms with Gasteiger partial charge in [0.1, 0.15) is 0 Å². The number of hydrogen-bond donors (Lipinski definition) is 2. The molecular formula is C53H68N2. The van der Waals surface area contributed by atoms with E-state index in [1.807, 2.05) is 0 Å². The first kappa shape index (κ1) is 40.4. The highest BCUT2D eigenvalue weighted by Gasteiger charge is 2.42. The molecule has 55 heavy (non-hydrogen) atoms. The average molecular weight is 733 g/mol. The molecule has 0 radical (unpaired) electrons. The maximum Gasteiger partial charge on any atom is 0.0387 e. The number of benzene rings is 5. The lowest BCUT2D eigenvalue weighted by molar-refractivity contribution is 0.401. The van der Waals surface area contributed by atoms with Gasteiger partial charge >= 0.3 is 0 Å². The molecule has 0 spiro atoms. The largest absolute Gasteiger partial charge is 0.356 e. The highest BCUT2D eigenvalue weighted by molar-refractivity contribution is 5.84. The van der Waals surface area contributed by atoms with Gasteiger partial charge in [-0.25, -0.2) is 0 Å². The third-order valence-corrected chi connectivity index (χ3v) is 12.3. The molecular weight excluding hydrogens is 665 g/mol. The molecule has 0 aliphatic heterocycles. The predicted molar refractivity (Wildman–Crippen MR) is 242 cm³/mol. The fourth-order valence-corrected chi connectivity index (χ4v) is 9.19. The third-order valence-electron chi connectivity index (χ3n) is 12.3. The summed E-state index contributed by atoms with van der Waals surface area (Å²) in [5.41, 5.74) is 17.3. The van der Waals surface area contributed by atoms with Gasteiger partial charge in [0.05, 0.1) is 0 Å². The minimum Gasteiger partial charge on any atom is -0.356 e. The van der Waals surface area contributed by atoms with Gasteiger partial charge in [0.2, 0.25) is 0 Å². The fraction of sp³-hybridized carbons (Fsp3) is 0.434. The lowest BCUT2D eigenvalue weighted by atomic mass is 9.70. The lowest BCUT2D eigenvalue weighted by Gasteiger charge is -2.33. The Balaban J connectivity index is 1.15. The van der Waals surface area contributed by atoms with E-state index in [0.29, 0.717) is 0 Å². The average Bonchev–Trinajstić information content (AvgIpc) is 3.46. The summed E-state index contributed by atoms with van der Waals surface area (Å²) in [5.74, 6) is 0. The Bertz CT molecular complexity index is 1940. The van der Waals surface area contributed by atoms with Crippen LogP contribution in [0.1, 0.15) is 151 Å². The molecule has 1 aliphatic carbocycles. The van der Waals surface area contributed by atoms with E-state index >= 15 is 0 Å². The van der Waals surface area contributed by atoms with Gasteiger partial charge in [0, 0.05) is 28.2 Å². The fourth-order valence-electron chi connectivity index (χ4n) is 9.19. The summed E-state index contributed by atoms with van der Waals surface area (Å²) in [5, 5.41) is 7.48. The van der Waals surface area contributed by atoms with Gasteiger partial charge in [-0.1, -0.05) is 159 Å². The Kier molecular flexibility index (Phi) is 14.7. The smallest absolute Gasteiger partial charge is 0.0387 e. The number of aryl methyl sites for hydroxylation is 3. The minimum atomic E-state index is 0.0973. The molecule has 6 rings (SSSR count). The summed E-state index contributed by atoms with van der Waals surface area (Å²) in [4.78, 5) is 0. The number of unbranched alkanes of at least 4 members (excludes halogenated alkanes) is 11. The Labute approximate surface area is 334 Å². The summed E-state index contributed by atoms with van der Waals surface area (Å²) < 4.78 is 0. The van der Waals surface area contributed by atoms with Crippen LogP contribution in [0, 0.1) is 13.8 Å². The zero-order valence-electron chi connectivity index (χ0n) is 34.8. The Hall–Kier alpha value is -4.30. The van der Waals surface area contributed by atoms with Crippen molar-refractivity contribution >= 4 is 22.7 Å². The molecule has 0 aromatic heterocycles. The predicted octanol–water partition coefficient (Wildman–Crippen LogP) is 16.6. The molecule has 5 aromatic carbocycles. The van der Waals surface area contributed by atoms with Crippen LogP contribution in [0.2, 0.25) is 0 Å². The summed E-state index contributed by atoms with van der Waals surface area (Å²) in [7, 11) is 0. The SMILES string of the molecule is CCCCCCCCc1ccc(Nc2ccc(-c3ccc(Nc4ccc5c(c4)C(CCCCCC)(CCCCCC)c4ccccc4-5)cc3C)c(C)c2)cc1. The van der Waals surface area contributed by atoms with Crippen LogP contribution in [0.4, 0.5) is 22.7 Å². The van der Waals surface area contributed by atoms with E-state index in [2.05, 4.69) is 148 Å². The summed E-state index contributed by atoms with van der Waals surface area (Å²) in [6.45, 7) is 11.4. The zero-order valence-corrected chi connectivity index (χ0v) is 34.8. The van der Waals surface area contributed by atoms with Crippen molar-refractivity contribution in [3.8, 4) is 22.3 Å². The number of fused-ring (bicyclic) bond motifs is 3. The van der Waals surface area contributed by atoms with Crippen LogP contribution in [-0.2, 0) is 11.8 Å². The van der Waals surface area contributed by atoms with E-state index in [9.17, 15) is 0 Å². The quantitative estimate of drug-likeness (QED) is 0.0692. The minimum absolute atomic E-state index is 0.0973. The number of anilines is 4. The zero-order chi connectivity index (χ0) is 38.5. The standard InChI is InChI=1S/C53H68N2/c1-6-9-12-15-16-17-22-42-25-27-43(28-26-42)54-44-29-32-47(40(4)37-44)48-33-30-45(38-41(48)5)55-46-31-34-50-49-23-18-19-24-51(49)53(52(50)39-46,35-20-13-10-7-2)36-21-14-11-8-3/h18-19,23-34,37-39,54-55H,6-17,20-22,35-36H2,1-5H3. The Morgan fingerprint density at radius 1 is 0.400 bits per heavy atom. The van der Waals surface area contributed by atoms with Crippen LogP contribution in [0.15, 0.2) is 103 Å².